The summed E-state index contributed by atoms with van der Waals surface area (Å²) in [4.78, 5) is 29.3. The van der Waals surface area contributed by atoms with Crippen LogP contribution < -0.4 is 15.2 Å². The molecule has 0 radical (unpaired) electrons. The Hall–Kier alpha value is -5.57. The smallest absolute Gasteiger partial charge is 0.278 e. The number of carbonyl (C=O) groups excluding carboxylic acids is 1. The minimum atomic E-state index is -1.15. The molecule has 1 unspecified atom stereocenters. The Morgan fingerprint density at radius 1 is 0.783 bits per heavy atom. The predicted molar refractivity (Wildman–Crippen MR) is 166 cm³/mol. The number of nitrogens with zero attached hydrogens (tertiary/aromatic N) is 3. The van der Waals surface area contributed by atoms with Crippen LogP contribution in [-0.4, -0.2) is 22.2 Å². The fourth-order valence-corrected chi connectivity index (χ4v) is 7.10. The average Bonchev–Trinajstić information content (AvgIpc) is 3.53. The van der Waals surface area contributed by atoms with Crippen LogP contribution in [0.1, 0.15) is 43.9 Å². The van der Waals surface area contributed by atoms with Crippen molar-refractivity contribution in [1.29, 1.82) is 0 Å². The highest BCUT2D eigenvalue weighted by atomic mass is 19.2. The van der Waals surface area contributed by atoms with E-state index in [1.54, 1.807) is 16.8 Å². The summed E-state index contributed by atoms with van der Waals surface area (Å²) in [6.45, 7) is 0.0416. The van der Waals surface area contributed by atoms with E-state index in [4.69, 9.17) is 4.74 Å². The third kappa shape index (κ3) is 4.18. The molecular weight excluding hydrogens is 591 g/mol. The van der Waals surface area contributed by atoms with E-state index in [1.807, 2.05) is 65.7 Å². The maximum absolute atomic E-state index is 15.1. The van der Waals surface area contributed by atoms with Gasteiger partial charge < -0.3 is 9.64 Å². The summed E-state index contributed by atoms with van der Waals surface area (Å²) >= 11 is 0. The second kappa shape index (κ2) is 10.5. The van der Waals surface area contributed by atoms with Crippen LogP contribution in [0.15, 0.2) is 114 Å². The molecule has 228 valence electrons. The molecule has 6 nitrogen and oxygen atoms in total. The summed E-state index contributed by atoms with van der Waals surface area (Å²) in [7, 11) is 0. The molecule has 9 heteroatoms. The molecule has 1 atom stereocenters. The molecule has 1 amide bonds. The lowest BCUT2D eigenvalue weighted by atomic mass is 9.83. The first kappa shape index (κ1) is 27.9. The molecule has 8 rings (SSSR count). The number of hydrogen-bond acceptors (Lipinski definition) is 4. The van der Waals surface area contributed by atoms with E-state index >= 15 is 4.39 Å². The Morgan fingerprint density at radius 2 is 1.54 bits per heavy atom. The Bertz CT molecular complexity index is 2150. The molecule has 0 spiro atoms. The molecule has 4 aromatic carbocycles. The number of pyridine rings is 1. The number of amides is 1. The zero-order chi connectivity index (χ0) is 31.6. The number of carbonyl (C=O) groups is 1. The van der Waals surface area contributed by atoms with E-state index in [2.05, 4.69) is 0 Å². The summed E-state index contributed by atoms with van der Waals surface area (Å²) < 4.78 is 51.7. The van der Waals surface area contributed by atoms with E-state index in [-0.39, 0.29) is 31.3 Å². The number of hydrogen-bond donors (Lipinski definition) is 0. The van der Waals surface area contributed by atoms with Crippen LogP contribution in [-0.2, 0) is 25.1 Å². The highest BCUT2D eigenvalue weighted by Crippen LogP contribution is 2.55. The zero-order valence-electron chi connectivity index (χ0n) is 24.4. The first-order chi connectivity index (χ1) is 22.3. The van der Waals surface area contributed by atoms with Gasteiger partial charge in [0.25, 0.3) is 5.91 Å². The van der Waals surface area contributed by atoms with Crippen molar-refractivity contribution < 1.29 is 22.7 Å². The van der Waals surface area contributed by atoms with Crippen molar-refractivity contribution >= 4 is 12.0 Å². The SMILES string of the molecule is O=C1c2c(OCc3ccccc3)c(=O)ccn2N(C23C(=Cc4cc(F)c(F)cc42)Cc2ccccc23)CN1Cc1cccc(F)c1. The van der Waals surface area contributed by atoms with Crippen LogP contribution in [0.25, 0.3) is 6.08 Å². The molecule has 1 aromatic heterocycles. The molecule has 0 saturated carbocycles. The third-order valence-corrected chi connectivity index (χ3v) is 9.03. The number of rotatable bonds is 6. The number of benzene rings is 4. The fourth-order valence-electron chi connectivity index (χ4n) is 7.10. The van der Waals surface area contributed by atoms with E-state index in [1.165, 1.54) is 41.4 Å². The molecule has 0 fully saturated rings. The van der Waals surface area contributed by atoms with E-state index in [0.717, 1.165) is 22.3 Å². The lowest BCUT2D eigenvalue weighted by Crippen LogP contribution is -2.62. The van der Waals surface area contributed by atoms with Crippen LogP contribution in [0, 0.1) is 17.5 Å². The Morgan fingerprint density at radius 3 is 2.37 bits per heavy atom. The molecule has 0 N–H and O–H groups in total. The van der Waals surface area contributed by atoms with Gasteiger partial charge in [-0.25, -0.2) is 13.2 Å². The number of halogens is 3. The van der Waals surface area contributed by atoms with Gasteiger partial charge in [-0.3, -0.25) is 19.3 Å². The second-order valence-electron chi connectivity index (χ2n) is 11.7. The van der Waals surface area contributed by atoms with E-state index < -0.39 is 34.3 Å². The van der Waals surface area contributed by atoms with Gasteiger partial charge in [0.2, 0.25) is 5.43 Å². The van der Waals surface area contributed by atoms with Crippen molar-refractivity contribution in [2.24, 2.45) is 0 Å². The van der Waals surface area contributed by atoms with Gasteiger partial charge in [0.1, 0.15) is 24.6 Å². The lowest BCUT2D eigenvalue weighted by molar-refractivity contribution is 0.0649. The van der Waals surface area contributed by atoms with Gasteiger partial charge in [-0.2, -0.15) is 0 Å². The molecule has 2 heterocycles. The molecule has 2 aliphatic carbocycles. The van der Waals surface area contributed by atoms with Gasteiger partial charge in [0.15, 0.2) is 23.1 Å². The van der Waals surface area contributed by atoms with E-state index in [9.17, 15) is 18.4 Å². The van der Waals surface area contributed by atoms with Crippen LogP contribution >= 0.6 is 0 Å². The van der Waals surface area contributed by atoms with Gasteiger partial charge >= 0.3 is 0 Å². The van der Waals surface area contributed by atoms with Gasteiger partial charge in [-0.05, 0) is 69.6 Å². The van der Waals surface area contributed by atoms with Crippen molar-refractivity contribution in [3.8, 4) is 5.75 Å². The summed E-state index contributed by atoms with van der Waals surface area (Å²) in [6, 6.07) is 26.8. The lowest BCUT2D eigenvalue weighted by Gasteiger charge is -2.49. The summed E-state index contributed by atoms with van der Waals surface area (Å²) in [5.74, 6) is -3.02. The normalized spacial score (nSPS) is 17.7. The topological polar surface area (TPSA) is 54.8 Å². The van der Waals surface area contributed by atoms with Gasteiger partial charge in [-0.1, -0.05) is 72.8 Å². The van der Waals surface area contributed by atoms with Crippen molar-refractivity contribution in [2.75, 3.05) is 11.7 Å². The third-order valence-electron chi connectivity index (χ3n) is 9.03. The van der Waals surface area contributed by atoms with Crippen LogP contribution in [0.2, 0.25) is 0 Å². The molecule has 5 aromatic rings. The zero-order valence-corrected chi connectivity index (χ0v) is 24.4. The van der Waals surface area contributed by atoms with Crippen molar-refractivity contribution in [1.82, 2.24) is 9.58 Å². The van der Waals surface area contributed by atoms with Crippen LogP contribution in [0.4, 0.5) is 13.2 Å². The highest BCUT2D eigenvalue weighted by Gasteiger charge is 2.55. The number of aromatic nitrogens is 1. The van der Waals surface area contributed by atoms with E-state index in [0.29, 0.717) is 23.1 Å². The molecular formula is C37H26F3N3O3. The van der Waals surface area contributed by atoms with Crippen LogP contribution in [0.3, 0.4) is 0 Å². The minimum Gasteiger partial charge on any atom is -0.482 e. The molecule has 3 aliphatic rings. The Kier molecular flexibility index (Phi) is 6.39. The predicted octanol–water partition coefficient (Wildman–Crippen LogP) is 6.29. The second-order valence-corrected chi connectivity index (χ2v) is 11.7. The average molecular weight is 618 g/mol. The minimum absolute atomic E-state index is 0.0137. The summed E-state index contributed by atoms with van der Waals surface area (Å²) in [6.07, 6.45) is 3.91. The van der Waals surface area contributed by atoms with Crippen molar-refractivity contribution in [3.63, 3.8) is 0 Å². The first-order valence-electron chi connectivity index (χ1n) is 14.9. The highest BCUT2D eigenvalue weighted by molar-refractivity contribution is 5.96. The van der Waals surface area contributed by atoms with Crippen LogP contribution in [0.5, 0.6) is 5.75 Å². The van der Waals surface area contributed by atoms with Gasteiger partial charge in [0.05, 0.1) is 0 Å². The maximum Gasteiger partial charge on any atom is 0.278 e. The fraction of sp³-hybridized carbons (Fsp3) is 0.135. The quantitative estimate of drug-likeness (QED) is 0.225. The molecule has 46 heavy (non-hydrogen) atoms. The van der Waals surface area contributed by atoms with Crippen molar-refractivity contribution in [2.45, 2.75) is 25.1 Å². The number of fused-ring (bicyclic) bond motifs is 6. The van der Waals surface area contributed by atoms with Gasteiger partial charge in [-0.15, -0.1) is 0 Å². The first-order valence-corrected chi connectivity index (χ1v) is 14.9. The summed E-state index contributed by atoms with van der Waals surface area (Å²) in [5, 5.41) is 1.90. The Balaban J connectivity index is 1.36. The maximum atomic E-state index is 15.1. The molecule has 1 aliphatic heterocycles. The standard InChI is InChI=1S/C37H26F3N3O3/c38-28-11-6-9-24(15-28)20-41-22-43(42-14-13-33(44)35(34(42)36(41)45)46-21-23-7-2-1-3-8-23)37-27(16-25-10-4-5-12-29(25)37)17-26-18-31(39)32(40)19-30(26)37/h1-15,17-19H,16,20-22H2. The monoisotopic (exact) mass is 617 g/mol. The number of ether oxygens (including phenoxy) is 1. The van der Waals surface area contributed by atoms with Crippen molar-refractivity contribution in [3.05, 3.63) is 176 Å². The van der Waals surface area contributed by atoms with Gasteiger partial charge in [0, 0.05) is 18.8 Å². The Labute approximate surface area is 262 Å². The largest absolute Gasteiger partial charge is 0.482 e. The molecule has 0 saturated heterocycles. The molecule has 0 bridgehead atoms. The summed E-state index contributed by atoms with van der Waals surface area (Å²) in [5.41, 5.74) is 3.46.